The average Bonchev–Trinajstić information content (AvgIpc) is 2.65. The minimum atomic E-state index is 0.639. The SMILES string of the molecule is CC(C)CN1CCCC1c1cccc(Br)c1. The fraction of sp³-hybridized carbons (Fsp3) is 0.571. The normalized spacial score (nSPS) is 21.9. The van der Waals surface area contributed by atoms with Crippen LogP contribution in [-0.2, 0) is 0 Å². The predicted octanol–water partition coefficient (Wildman–Crippen LogP) is 4.24. The van der Waals surface area contributed by atoms with E-state index in [9.17, 15) is 0 Å². The largest absolute Gasteiger partial charge is 0.296 e. The van der Waals surface area contributed by atoms with Gasteiger partial charge < -0.3 is 0 Å². The lowest BCUT2D eigenvalue weighted by Gasteiger charge is -2.26. The second-order valence-electron chi connectivity index (χ2n) is 5.10. The fourth-order valence-electron chi connectivity index (χ4n) is 2.61. The van der Waals surface area contributed by atoms with Gasteiger partial charge in [0.1, 0.15) is 0 Å². The molecule has 1 aliphatic heterocycles. The zero-order valence-corrected chi connectivity index (χ0v) is 11.7. The standard InChI is InChI=1S/C14H20BrN/c1-11(2)10-16-8-4-7-14(16)12-5-3-6-13(15)9-12/h3,5-6,9,11,14H,4,7-8,10H2,1-2H3. The van der Waals surface area contributed by atoms with Crippen molar-refractivity contribution in [2.24, 2.45) is 5.92 Å². The Morgan fingerprint density at radius 2 is 2.25 bits per heavy atom. The maximum absolute atomic E-state index is 3.56. The summed E-state index contributed by atoms with van der Waals surface area (Å²) in [6.07, 6.45) is 2.65. The second-order valence-corrected chi connectivity index (χ2v) is 6.02. The van der Waals surface area contributed by atoms with E-state index in [1.54, 1.807) is 0 Å². The van der Waals surface area contributed by atoms with Gasteiger partial charge in [0.15, 0.2) is 0 Å². The van der Waals surface area contributed by atoms with Crippen molar-refractivity contribution in [3.05, 3.63) is 34.3 Å². The maximum Gasteiger partial charge on any atom is 0.0349 e. The van der Waals surface area contributed by atoms with Crippen molar-refractivity contribution in [3.8, 4) is 0 Å². The number of hydrogen-bond donors (Lipinski definition) is 0. The maximum atomic E-state index is 3.56. The average molecular weight is 282 g/mol. The topological polar surface area (TPSA) is 3.24 Å². The minimum absolute atomic E-state index is 0.639. The van der Waals surface area contributed by atoms with Crippen LogP contribution in [0.5, 0.6) is 0 Å². The Balaban J connectivity index is 2.13. The van der Waals surface area contributed by atoms with E-state index in [0.717, 1.165) is 5.92 Å². The molecule has 88 valence electrons. The van der Waals surface area contributed by atoms with E-state index in [-0.39, 0.29) is 0 Å². The Bertz CT molecular complexity index is 348. The zero-order chi connectivity index (χ0) is 11.5. The molecule has 0 aliphatic carbocycles. The first-order chi connectivity index (χ1) is 7.66. The summed E-state index contributed by atoms with van der Waals surface area (Å²) in [6, 6.07) is 9.41. The molecule has 0 saturated carbocycles. The zero-order valence-electron chi connectivity index (χ0n) is 10.1. The Labute approximate surface area is 107 Å². The van der Waals surface area contributed by atoms with Crippen molar-refractivity contribution in [3.63, 3.8) is 0 Å². The van der Waals surface area contributed by atoms with E-state index in [2.05, 4.69) is 58.9 Å². The fourth-order valence-corrected chi connectivity index (χ4v) is 3.02. The second kappa shape index (κ2) is 5.33. The van der Waals surface area contributed by atoms with E-state index in [4.69, 9.17) is 0 Å². The van der Waals surface area contributed by atoms with E-state index < -0.39 is 0 Å². The van der Waals surface area contributed by atoms with Crippen molar-refractivity contribution >= 4 is 15.9 Å². The summed E-state index contributed by atoms with van der Waals surface area (Å²) in [4.78, 5) is 2.63. The first kappa shape index (κ1) is 12.1. The van der Waals surface area contributed by atoms with Crippen LogP contribution in [0, 0.1) is 5.92 Å². The molecule has 1 heterocycles. The molecule has 16 heavy (non-hydrogen) atoms. The molecule has 1 atom stereocenters. The molecule has 0 aromatic heterocycles. The molecule has 1 saturated heterocycles. The Morgan fingerprint density at radius 3 is 2.94 bits per heavy atom. The van der Waals surface area contributed by atoms with Crippen LogP contribution in [0.3, 0.4) is 0 Å². The van der Waals surface area contributed by atoms with Gasteiger partial charge in [-0.05, 0) is 43.0 Å². The first-order valence-electron chi connectivity index (χ1n) is 6.16. The smallest absolute Gasteiger partial charge is 0.0349 e. The van der Waals surface area contributed by atoms with Crippen LogP contribution in [0.25, 0.3) is 0 Å². The van der Waals surface area contributed by atoms with E-state index in [1.165, 1.54) is 36.0 Å². The number of benzene rings is 1. The van der Waals surface area contributed by atoms with Crippen molar-refractivity contribution in [1.29, 1.82) is 0 Å². The van der Waals surface area contributed by atoms with Gasteiger partial charge in [-0.25, -0.2) is 0 Å². The Morgan fingerprint density at radius 1 is 1.44 bits per heavy atom. The van der Waals surface area contributed by atoms with Crippen molar-refractivity contribution in [1.82, 2.24) is 4.90 Å². The highest BCUT2D eigenvalue weighted by atomic mass is 79.9. The van der Waals surface area contributed by atoms with Crippen molar-refractivity contribution < 1.29 is 0 Å². The van der Waals surface area contributed by atoms with Gasteiger partial charge in [0.2, 0.25) is 0 Å². The summed E-state index contributed by atoms with van der Waals surface area (Å²) in [5.41, 5.74) is 1.47. The molecule has 0 bridgehead atoms. The summed E-state index contributed by atoms with van der Waals surface area (Å²) in [7, 11) is 0. The molecule has 0 amide bonds. The van der Waals surface area contributed by atoms with Gasteiger partial charge in [0, 0.05) is 17.1 Å². The van der Waals surface area contributed by atoms with Crippen LogP contribution in [0.4, 0.5) is 0 Å². The molecule has 1 nitrogen and oxygen atoms in total. The highest BCUT2D eigenvalue weighted by Gasteiger charge is 2.26. The van der Waals surface area contributed by atoms with E-state index in [1.807, 2.05) is 0 Å². The predicted molar refractivity (Wildman–Crippen MR) is 72.5 cm³/mol. The highest BCUT2D eigenvalue weighted by molar-refractivity contribution is 9.10. The lowest BCUT2D eigenvalue weighted by molar-refractivity contribution is 0.229. The van der Waals surface area contributed by atoms with Crippen molar-refractivity contribution in [2.45, 2.75) is 32.7 Å². The monoisotopic (exact) mass is 281 g/mol. The molecule has 1 aromatic carbocycles. The van der Waals surface area contributed by atoms with Gasteiger partial charge in [0.25, 0.3) is 0 Å². The third-order valence-electron chi connectivity index (χ3n) is 3.20. The molecule has 1 unspecified atom stereocenters. The van der Waals surface area contributed by atoms with Crippen molar-refractivity contribution in [2.75, 3.05) is 13.1 Å². The number of nitrogens with zero attached hydrogens (tertiary/aromatic N) is 1. The van der Waals surface area contributed by atoms with Crippen LogP contribution >= 0.6 is 15.9 Å². The van der Waals surface area contributed by atoms with Gasteiger partial charge in [-0.15, -0.1) is 0 Å². The van der Waals surface area contributed by atoms with Crippen LogP contribution in [0.2, 0.25) is 0 Å². The molecule has 2 rings (SSSR count). The molecule has 1 aliphatic rings. The lowest BCUT2D eigenvalue weighted by atomic mass is 10.0. The summed E-state index contributed by atoms with van der Waals surface area (Å²) in [6.45, 7) is 7.08. The van der Waals surface area contributed by atoms with Crippen LogP contribution in [0.1, 0.15) is 38.3 Å². The molecule has 0 radical (unpaired) electrons. The number of halogens is 1. The number of rotatable bonds is 3. The third kappa shape index (κ3) is 2.86. The van der Waals surface area contributed by atoms with Gasteiger partial charge >= 0.3 is 0 Å². The molecule has 0 N–H and O–H groups in total. The lowest BCUT2D eigenvalue weighted by Crippen LogP contribution is -2.27. The van der Waals surface area contributed by atoms with Crippen LogP contribution in [-0.4, -0.2) is 18.0 Å². The summed E-state index contributed by atoms with van der Waals surface area (Å²) >= 11 is 3.56. The molecule has 1 fully saturated rings. The Kier molecular flexibility index (Phi) is 4.04. The first-order valence-corrected chi connectivity index (χ1v) is 6.95. The minimum Gasteiger partial charge on any atom is -0.296 e. The van der Waals surface area contributed by atoms with Crippen LogP contribution < -0.4 is 0 Å². The summed E-state index contributed by atoms with van der Waals surface area (Å²) in [5.74, 6) is 0.757. The number of likely N-dealkylation sites (tertiary alicyclic amines) is 1. The van der Waals surface area contributed by atoms with Gasteiger partial charge in [0.05, 0.1) is 0 Å². The van der Waals surface area contributed by atoms with Gasteiger partial charge in [-0.3, -0.25) is 4.90 Å². The quantitative estimate of drug-likeness (QED) is 0.801. The van der Waals surface area contributed by atoms with Gasteiger partial charge in [-0.1, -0.05) is 41.9 Å². The van der Waals surface area contributed by atoms with E-state index >= 15 is 0 Å². The molecule has 1 aromatic rings. The highest BCUT2D eigenvalue weighted by Crippen LogP contribution is 2.33. The summed E-state index contributed by atoms with van der Waals surface area (Å²) < 4.78 is 1.20. The van der Waals surface area contributed by atoms with Crippen LogP contribution in [0.15, 0.2) is 28.7 Å². The summed E-state index contributed by atoms with van der Waals surface area (Å²) in [5, 5.41) is 0. The number of hydrogen-bond acceptors (Lipinski definition) is 1. The Hall–Kier alpha value is -0.340. The van der Waals surface area contributed by atoms with Gasteiger partial charge in [-0.2, -0.15) is 0 Å². The van der Waals surface area contributed by atoms with E-state index in [0.29, 0.717) is 6.04 Å². The molecular formula is C14H20BrN. The third-order valence-corrected chi connectivity index (χ3v) is 3.69. The molecule has 0 spiro atoms. The molecule has 2 heteroatoms. The molecular weight excluding hydrogens is 262 g/mol.